The average molecular weight is 398 g/mol. The van der Waals surface area contributed by atoms with E-state index in [4.69, 9.17) is 14.6 Å². The summed E-state index contributed by atoms with van der Waals surface area (Å²) in [4.78, 5) is 10.6. The van der Waals surface area contributed by atoms with Crippen LogP contribution in [0.2, 0.25) is 0 Å². The van der Waals surface area contributed by atoms with Crippen LogP contribution in [0.15, 0.2) is 54.6 Å². The van der Waals surface area contributed by atoms with Gasteiger partial charge in [0.2, 0.25) is 0 Å². The van der Waals surface area contributed by atoms with Crippen LogP contribution in [-0.2, 0) is 20.7 Å². The van der Waals surface area contributed by atoms with Gasteiger partial charge in [0.05, 0.1) is 18.3 Å². The van der Waals surface area contributed by atoms with Crippen molar-refractivity contribution in [3.8, 4) is 0 Å². The van der Waals surface area contributed by atoms with Crippen molar-refractivity contribution in [2.75, 3.05) is 0 Å². The summed E-state index contributed by atoms with van der Waals surface area (Å²) >= 11 is 0. The molecular weight excluding hydrogens is 368 g/mol. The van der Waals surface area contributed by atoms with Gasteiger partial charge in [-0.15, -0.1) is 0 Å². The maximum Gasteiger partial charge on any atom is 0.303 e. The number of aliphatic hydroxyl groups excluding tert-OH is 1. The fourth-order valence-corrected chi connectivity index (χ4v) is 4.72. The highest BCUT2D eigenvalue weighted by Crippen LogP contribution is 2.55. The van der Waals surface area contributed by atoms with Crippen LogP contribution in [0.5, 0.6) is 0 Å². The van der Waals surface area contributed by atoms with Gasteiger partial charge in [-0.25, -0.2) is 0 Å². The van der Waals surface area contributed by atoms with Crippen molar-refractivity contribution in [1.29, 1.82) is 0 Å². The minimum absolute atomic E-state index is 0.105. The molecule has 3 heterocycles. The van der Waals surface area contributed by atoms with E-state index < -0.39 is 12.1 Å². The number of allylic oxidation sites excluding steroid dienone is 2. The van der Waals surface area contributed by atoms with Crippen molar-refractivity contribution in [3.05, 3.63) is 60.2 Å². The van der Waals surface area contributed by atoms with E-state index in [9.17, 15) is 9.90 Å². The SMILES string of the molecule is O=C(O)CCC/C=C\C[C@H]1[C@@H](/C=C/C(O)CCc2ccccc2)[C@@H]2O[C@H]1[C@@H]1O[C@@H]12. The smallest absolute Gasteiger partial charge is 0.303 e. The third kappa shape index (κ3) is 4.97. The molecule has 2 bridgehead atoms. The highest BCUT2D eigenvalue weighted by atomic mass is 16.7. The van der Waals surface area contributed by atoms with E-state index in [1.54, 1.807) is 0 Å². The van der Waals surface area contributed by atoms with Gasteiger partial charge in [0, 0.05) is 18.3 Å². The third-order valence-electron chi connectivity index (χ3n) is 6.28. The molecule has 5 nitrogen and oxygen atoms in total. The molecule has 3 saturated heterocycles. The molecule has 0 aromatic heterocycles. The number of hydrogen-bond acceptors (Lipinski definition) is 4. The molecule has 5 heteroatoms. The van der Waals surface area contributed by atoms with E-state index in [0.29, 0.717) is 18.8 Å². The predicted octanol–water partition coefficient (Wildman–Crippen LogP) is 3.52. The van der Waals surface area contributed by atoms with Crippen LogP contribution in [0.25, 0.3) is 0 Å². The number of unbranched alkanes of at least 4 members (excludes halogenated alkanes) is 1. The molecule has 1 unspecified atom stereocenters. The lowest BCUT2D eigenvalue weighted by atomic mass is 9.77. The molecule has 1 aromatic rings. The van der Waals surface area contributed by atoms with Gasteiger partial charge in [-0.05, 0) is 37.7 Å². The van der Waals surface area contributed by atoms with Crippen molar-refractivity contribution in [1.82, 2.24) is 0 Å². The number of carboxylic acid groups (broad SMARTS) is 1. The second-order valence-electron chi connectivity index (χ2n) is 8.34. The summed E-state index contributed by atoms with van der Waals surface area (Å²) in [6, 6.07) is 10.2. The van der Waals surface area contributed by atoms with Gasteiger partial charge in [-0.3, -0.25) is 4.79 Å². The van der Waals surface area contributed by atoms with Gasteiger partial charge in [-0.2, -0.15) is 0 Å². The van der Waals surface area contributed by atoms with Gasteiger partial charge in [0.25, 0.3) is 0 Å². The Kier molecular flexibility index (Phi) is 6.48. The molecule has 2 N–H and O–H groups in total. The monoisotopic (exact) mass is 398 g/mol. The highest BCUT2D eigenvalue weighted by Gasteiger charge is 2.68. The number of aliphatic hydroxyl groups is 1. The minimum atomic E-state index is -0.743. The van der Waals surface area contributed by atoms with E-state index in [2.05, 4.69) is 30.4 Å². The summed E-state index contributed by atoms with van der Waals surface area (Å²) in [7, 11) is 0. The van der Waals surface area contributed by atoms with Crippen LogP contribution in [0.4, 0.5) is 0 Å². The van der Waals surface area contributed by atoms with Crippen LogP contribution in [0.1, 0.15) is 37.7 Å². The molecule has 7 atom stereocenters. The van der Waals surface area contributed by atoms with Crippen molar-refractivity contribution < 1.29 is 24.5 Å². The van der Waals surface area contributed by atoms with Gasteiger partial charge in [0.1, 0.15) is 12.2 Å². The van der Waals surface area contributed by atoms with Crippen LogP contribution in [-0.4, -0.2) is 46.7 Å². The van der Waals surface area contributed by atoms with Gasteiger partial charge >= 0.3 is 5.97 Å². The Morgan fingerprint density at radius 3 is 2.62 bits per heavy atom. The largest absolute Gasteiger partial charge is 0.481 e. The van der Waals surface area contributed by atoms with E-state index in [1.807, 2.05) is 24.3 Å². The zero-order valence-corrected chi connectivity index (χ0v) is 16.6. The summed E-state index contributed by atoms with van der Waals surface area (Å²) < 4.78 is 11.9. The predicted molar refractivity (Wildman–Crippen MR) is 109 cm³/mol. The Morgan fingerprint density at radius 1 is 1.07 bits per heavy atom. The molecule has 3 fully saturated rings. The van der Waals surface area contributed by atoms with E-state index >= 15 is 0 Å². The number of epoxide rings is 1. The normalized spacial score (nSPS) is 33.4. The number of aryl methyl sites for hydroxylation is 1. The minimum Gasteiger partial charge on any atom is -0.481 e. The third-order valence-corrected chi connectivity index (χ3v) is 6.28. The number of fused-ring (bicyclic) bond motifs is 5. The first-order chi connectivity index (χ1) is 14.1. The first kappa shape index (κ1) is 20.3. The topological polar surface area (TPSA) is 79.3 Å². The molecule has 0 radical (unpaired) electrons. The number of carbonyl (C=O) groups is 1. The number of ether oxygens (including phenoxy) is 2. The Hall–Kier alpha value is -1.95. The Bertz CT molecular complexity index is 743. The van der Waals surface area contributed by atoms with Crippen molar-refractivity contribution >= 4 is 5.97 Å². The molecule has 3 aliphatic rings. The number of hydrogen-bond donors (Lipinski definition) is 2. The Balaban J connectivity index is 1.28. The molecule has 0 amide bonds. The Morgan fingerprint density at radius 2 is 1.83 bits per heavy atom. The molecule has 0 saturated carbocycles. The summed E-state index contributed by atoms with van der Waals surface area (Å²) in [6.45, 7) is 0. The maximum atomic E-state index is 10.6. The fourth-order valence-electron chi connectivity index (χ4n) is 4.72. The van der Waals surface area contributed by atoms with Gasteiger partial charge in [-0.1, -0.05) is 54.6 Å². The molecule has 1 aromatic carbocycles. The van der Waals surface area contributed by atoms with Crippen LogP contribution < -0.4 is 0 Å². The Labute approximate surface area is 172 Å². The maximum absolute atomic E-state index is 10.6. The number of rotatable bonds is 11. The first-order valence-corrected chi connectivity index (χ1v) is 10.7. The highest BCUT2D eigenvalue weighted by molar-refractivity contribution is 5.66. The van der Waals surface area contributed by atoms with E-state index in [1.165, 1.54) is 5.56 Å². The second-order valence-corrected chi connectivity index (χ2v) is 8.34. The lowest BCUT2D eigenvalue weighted by Gasteiger charge is -2.22. The zero-order chi connectivity index (χ0) is 20.2. The van der Waals surface area contributed by atoms with Crippen LogP contribution in [0.3, 0.4) is 0 Å². The van der Waals surface area contributed by atoms with Crippen LogP contribution >= 0.6 is 0 Å². The average Bonchev–Trinajstić information content (AvgIpc) is 3.35. The standard InChI is InChI=1S/C24H30O5/c25-17(13-12-16-8-4-3-5-9-16)14-15-19-18(10-6-1-2-7-11-20(26)27)21-23-24(29-23)22(19)28-21/h1,3-6,8-9,14-15,17-19,21-25H,2,7,10-13H2,(H,26,27)/b6-1-,15-14+/t17?,18-,19+,21+,22-,23-,24+/m0/s1. The van der Waals surface area contributed by atoms with E-state index in [0.717, 1.165) is 19.3 Å². The van der Waals surface area contributed by atoms with Gasteiger partial charge in [0.15, 0.2) is 0 Å². The van der Waals surface area contributed by atoms with Crippen molar-refractivity contribution in [2.45, 2.75) is 69.0 Å². The molecular formula is C24H30O5. The summed E-state index contributed by atoms with van der Waals surface area (Å²) in [5, 5.41) is 19.1. The lowest BCUT2D eigenvalue weighted by molar-refractivity contribution is -0.137. The molecule has 0 aliphatic carbocycles. The zero-order valence-electron chi connectivity index (χ0n) is 16.6. The number of carboxylic acids is 1. The summed E-state index contributed by atoms with van der Waals surface area (Å²) in [5.74, 6) is -0.122. The quantitative estimate of drug-likeness (QED) is 0.339. The molecule has 4 rings (SSSR count). The lowest BCUT2D eigenvalue weighted by Crippen LogP contribution is -2.31. The van der Waals surface area contributed by atoms with Crippen LogP contribution in [0, 0.1) is 11.8 Å². The van der Waals surface area contributed by atoms with Crippen molar-refractivity contribution in [2.24, 2.45) is 11.8 Å². The fraction of sp³-hybridized carbons (Fsp3) is 0.542. The van der Waals surface area contributed by atoms with E-state index in [-0.39, 0.29) is 36.8 Å². The molecule has 3 aliphatic heterocycles. The van der Waals surface area contributed by atoms with Crippen molar-refractivity contribution in [3.63, 3.8) is 0 Å². The second kappa shape index (κ2) is 9.24. The van der Waals surface area contributed by atoms with Gasteiger partial charge < -0.3 is 19.7 Å². The molecule has 156 valence electrons. The number of aliphatic carboxylic acids is 1. The molecule has 0 spiro atoms. The molecule has 29 heavy (non-hydrogen) atoms. The first-order valence-electron chi connectivity index (χ1n) is 10.7. The summed E-state index contributed by atoms with van der Waals surface area (Å²) in [5.41, 5.74) is 1.24. The summed E-state index contributed by atoms with van der Waals surface area (Å²) in [6.07, 6.45) is 12.7. The number of benzene rings is 1.